The quantitative estimate of drug-likeness (QED) is 0.811. The first-order valence-corrected chi connectivity index (χ1v) is 8.46. The number of rotatable bonds is 4. The van der Waals surface area contributed by atoms with Crippen LogP contribution in [-0.2, 0) is 12.7 Å². The average Bonchev–Trinajstić information content (AvgIpc) is 2.70. The Morgan fingerprint density at radius 1 is 1.24 bits per heavy atom. The van der Waals surface area contributed by atoms with Crippen LogP contribution in [-0.4, -0.2) is 29.7 Å². The number of hydrogen-bond donors (Lipinski definition) is 2. The van der Waals surface area contributed by atoms with E-state index in [9.17, 15) is 13.2 Å². The van der Waals surface area contributed by atoms with Crippen LogP contribution in [0.15, 0.2) is 41.3 Å². The van der Waals surface area contributed by atoms with Gasteiger partial charge in [0.25, 0.3) is 0 Å². The number of nitrogens with zero attached hydrogens (tertiary/aromatic N) is 1. The van der Waals surface area contributed by atoms with Crippen molar-refractivity contribution < 1.29 is 13.2 Å². The molecule has 0 aromatic heterocycles. The van der Waals surface area contributed by atoms with Gasteiger partial charge in [0.1, 0.15) is 0 Å². The Morgan fingerprint density at radius 2 is 1.84 bits per heavy atom. The zero-order valence-electron chi connectivity index (χ0n) is 15.0. The van der Waals surface area contributed by atoms with E-state index in [1.165, 1.54) is 17.7 Å². The summed E-state index contributed by atoms with van der Waals surface area (Å²) in [5.41, 5.74) is 5.95. The van der Waals surface area contributed by atoms with Crippen molar-refractivity contribution in [1.29, 1.82) is 0 Å². The van der Waals surface area contributed by atoms with Gasteiger partial charge in [-0.1, -0.05) is 17.9 Å². The fourth-order valence-corrected chi connectivity index (χ4v) is 3.11. The maximum absolute atomic E-state index is 12.6. The first kappa shape index (κ1) is 18.1. The Morgan fingerprint density at radius 3 is 2.32 bits per heavy atom. The molecule has 0 saturated carbocycles. The molecule has 1 aliphatic carbocycles. The lowest BCUT2D eigenvalue weighted by Crippen LogP contribution is -2.43. The first-order chi connectivity index (χ1) is 11.6. The Hall–Kier alpha value is -1.75. The number of nitrogens with one attached hydrogen (secondary N) is 2. The van der Waals surface area contributed by atoms with Crippen molar-refractivity contribution in [2.75, 3.05) is 7.05 Å². The van der Waals surface area contributed by atoms with E-state index in [4.69, 9.17) is 0 Å². The maximum Gasteiger partial charge on any atom is 0.416 e. The summed E-state index contributed by atoms with van der Waals surface area (Å²) in [7, 11) is 1.94. The molecule has 1 fully saturated rings. The number of benzene rings is 1. The summed E-state index contributed by atoms with van der Waals surface area (Å²) in [6.45, 7) is 7.07. The molecule has 1 aromatic carbocycles. The van der Waals surface area contributed by atoms with Crippen molar-refractivity contribution in [1.82, 2.24) is 15.5 Å². The van der Waals surface area contributed by atoms with E-state index >= 15 is 0 Å². The summed E-state index contributed by atoms with van der Waals surface area (Å²) in [6.07, 6.45) is -3.30. The molecule has 3 nitrogen and oxygen atoms in total. The fourth-order valence-electron chi connectivity index (χ4n) is 3.11. The van der Waals surface area contributed by atoms with Crippen LogP contribution in [0.4, 0.5) is 13.2 Å². The predicted octanol–water partition coefficient (Wildman–Crippen LogP) is 3.64. The van der Waals surface area contributed by atoms with E-state index in [0.717, 1.165) is 29.8 Å². The topological polar surface area (TPSA) is 27.3 Å². The normalized spacial score (nSPS) is 25.2. The van der Waals surface area contributed by atoms with Crippen molar-refractivity contribution in [2.45, 2.75) is 57.7 Å². The number of alkyl halides is 3. The number of halogens is 3. The van der Waals surface area contributed by atoms with Gasteiger partial charge in [-0.15, -0.1) is 0 Å². The SMILES string of the molecule is CC1NC(C2=C=C(N(C)Cc3ccc(C(F)(F)F)cc3)C2)NC1(C)C. The lowest BCUT2D eigenvalue weighted by atomic mass is 9.98. The lowest BCUT2D eigenvalue weighted by molar-refractivity contribution is -0.137. The van der Waals surface area contributed by atoms with Gasteiger partial charge >= 0.3 is 6.18 Å². The highest BCUT2D eigenvalue weighted by atomic mass is 19.4. The Kier molecular flexibility index (Phi) is 4.48. The second-order valence-corrected chi connectivity index (χ2v) is 7.51. The maximum atomic E-state index is 12.6. The minimum absolute atomic E-state index is 0.0429. The molecule has 1 aliphatic heterocycles. The van der Waals surface area contributed by atoms with Gasteiger partial charge in [-0.25, -0.2) is 0 Å². The molecule has 2 N–H and O–H groups in total. The second-order valence-electron chi connectivity index (χ2n) is 7.51. The summed E-state index contributed by atoms with van der Waals surface area (Å²) >= 11 is 0. The van der Waals surface area contributed by atoms with Gasteiger partial charge < -0.3 is 4.90 Å². The Bertz CT molecular complexity index is 712. The minimum Gasteiger partial charge on any atom is -0.367 e. The molecule has 0 amide bonds. The molecule has 25 heavy (non-hydrogen) atoms. The lowest BCUT2D eigenvalue weighted by Gasteiger charge is -2.29. The third-order valence-corrected chi connectivity index (χ3v) is 5.19. The number of hydrogen-bond acceptors (Lipinski definition) is 3. The van der Waals surface area contributed by atoms with E-state index in [1.807, 2.05) is 11.9 Å². The van der Waals surface area contributed by atoms with Gasteiger partial charge in [-0.05, 0) is 38.5 Å². The molecule has 0 bridgehead atoms. The molecule has 3 rings (SSSR count). The Balaban J connectivity index is 1.63. The molecule has 2 aliphatic rings. The molecule has 1 heterocycles. The van der Waals surface area contributed by atoms with Crippen molar-refractivity contribution in [3.63, 3.8) is 0 Å². The van der Waals surface area contributed by atoms with Crippen molar-refractivity contribution in [2.24, 2.45) is 0 Å². The molecule has 2 atom stereocenters. The third kappa shape index (κ3) is 3.76. The van der Waals surface area contributed by atoms with E-state index in [2.05, 4.69) is 37.1 Å². The van der Waals surface area contributed by atoms with Gasteiger partial charge in [0.05, 0.1) is 17.4 Å². The van der Waals surface area contributed by atoms with Crippen LogP contribution in [0.2, 0.25) is 0 Å². The largest absolute Gasteiger partial charge is 0.416 e. The van der Waals surface area contributed by atoms with Crippen LogP contribution in [0.3, 0.4) is 0 Å². The van der Waals surface area contributed by atoms with Crippen LogP contribution in [0, 0.1) is 0 Å². The van der Waals surface area contributed by atoms with Crippen LogP contribution >= 0.6 is 0 Å². The molecule has 0 spiro atoms. The summed E-state index contributed by atoms with van der Waals surface area (Å²) in [5.74, 6) is 0. The molecule has 1 saturated heterocycles. The van der Waals surface area contributed by atoms with Gasteiger partial charge in [-0.2, -0.15) is 13.2 Å². The zero-order valence-corrected chi connectivity index (χ0v) is 15.0. The summed E-state index contributed by atoms with van der Waals surface area (Å²) < 4.78 is 37.8. The molecular formula is C19H24F3N3. The molecule has 136 valence electrons. The van der Waals surface area contributed by atoms with Gasteiger partial charge in [0.15, 0.2) is 0 Å². The molecule has 6 heteroatoms. The van der Waals surface area contributed by atoms with E-state index in [-0.39, 0.29) is 11.7 Å². The van der Waals surface area contributed by atoms with Crippen LogP contribution in [0.1, 0.15) is 38.3 Å². The van der Waals surface area contributed by atoms with E-state index in [1.54, 1.807) is 0 Å². The van der Waals surface area contributed by atoms with Crippen LogP contribution in [0.5, 0.6) is 0 Å². The van der Waals surface area contributed by atoms with Crippen LogP contribution in [0.25, 0.3) is 0 Å². The van der Waals surface area contributed by atoms with Crippen molar-refractivity contribution >= 4 is 0 Å². The smallest absolute Gasteiger partial charge is 0.367 e. The van der Waals surface area contributed by atoms with Gasteiger partial charge in [0, 0.05) is 37.2 Å². The predicted molar refractivity (Wildman–Crippen MR) is 91.7 cm³/mol. The van der Waals surface area contributed by atoms with Gasteiger partial charge in [-0.3, -0.25) is 10.6 Å². The van der Waals surface area contributed by atoms with Crippen molar-refractivity contribution in [3.8, 4) is 0 Å². The first-order valence-electron chi connectivity index (χ1n) is 8.46. The van der Waals surface area contributed by atoms with Gasteiger partial charge in [0.2, 0.25) is 0 Å². The zero-order chi connectivity index (χ0) is 18.4. The monoisotopic (exact) mass is 351 g/mol. The van der Waals surface area contributed by atoms with Crippen LogP contribution < -0.4 is 10.6 Å². The highest BCUT2D eigenvalue weighted by molar-refractivity contribution is 5.32. The summed E-state index contributed by atoms with van der Waals surface area (Å²) in [6, 6.07) is 5.71. The molecular weight excluding hydrogens is 327 g/mol. The second kappa shape index (κ2) is 6.20. The molecule has 2 unspecified atom stereocenters. The van der Waals surface area contributed by atoms with E-state index in [0.29, 0.717) is 12.6 Å². The average molecular weight is 351 g/mol. The summed E-state index contributed by atoms with van der Waals surface area (Å²) in [4.78, 5) is 2.04. The molecule has 1 aromatic rings. The highest BCUT2D eigenvalue weighted by Crippen LogP contribution is 2.31. The minimum atomic E-state index is -4.29. The molecule has 0 radical (unpaired) electrons. The Labute approximate surface area is 146 Å². The van der Waals surface area contributed by atoms with E-state index < -0.39 is 11.7 Å². The standard InChI is InChI=1S/C19H24F3N3/c1-12-18(2,3)24-17(23-12)14-9-16(10-14)25(4)11-13-5-7-15(8-6-13)19(20,21)22/h5-8,12,17,23-24H,9,11H2,1-4H3. The third-order valence-electron chi connectivity index (χ3n) is 5.19. The fraction of sp³-hybridized carbons (Fsp3) is 0.526. The highest BCUT2D eigenvalue weighted by Gasteiger charge is 2.39. The van der Waals surface area contributed by atoms with Crippen molar-refractivity contribution in [3.05, 3.63) is 52.4 Å². The summed E-state index contributed by atoms with van der Waals surface area (Å²) in [5, 5.41) is 7.09.